The molecule has 2 aromatic heterocycles. The molecule has 0 atom stereocenters. The molecule has 2 aromatic rings. The van der Waals surface area contributed by atoms with Gasteiger partial charge >= 0.3 is 0 Å². The molecule has 0 radical (unpaired) electrons. The van der Waals surface area contributed by atoms with Crippen molar-refractivity contribution in [1.29, 1.82) is 0 Å². The van der Waals surface area contributed by atoms with Gasteiger partial charge in [0.2, 0.25) is 0 Å². The number of fused-ring (bicyclic) bond motifs is 1. The Morgan fingerprint density at radius 3 is 2.79 bits per heavy atom. The van der Waals surface area contributed by atoms with Crippen molar-refractivity contribution in [2.24, 2.45) is 7.05 Å². The molecule has 1 aliphatic rings. The van der Waals surface area contributed by atoms with E-state index in [2.05, 4.69) is 44.8 Å². The molecule has 0 amide bonds. The first-order chi connectivity index (χ1) is 9.13. The monoisotopic (exact) mass is 260 g/mol. The van der Waals surface area contributed by atoms with Gasteiger partial charge in [-0.25, -0.2) is 0 Å². The fourth-order valence-corrected chi connectivity index (χ4v) is 2.60. The van der Waals surface area contributed by atoms with Crippen LogP contribution in [-0.2, 0) is 26.7 Å². The summed E-state index contributed by atoms with van der Waals surface area (Å²) < 4.78 is 4.11. The third kappa shape index (κ3) is 2.40. The molecular formula is C13H20N6. The molecule has 1 aliphatic heterocycles. The van der Waals surface area contributed by atoms with Gasteiger partial charge in [-0.2, -0.15) is 5.10 Å². The van der Waals surface area contributed by atoms with Gasteiger partial charge < -0.3 is 4.57 Å². The van der Waals surface area contributed by atoms with E-state index in [1.807, 2.05) is 17.9 Å². The van der Waals surface area contributed by atoms with Crippen molar-refractivity contribution in [3.8, 4) is 0 Å². The van der Waals surface area contributed by atoms with Gasteiger partial charge in [0.25, 0.3) is 0 Å². The van der Waals surface area contributed by atoms with Gasteiger partial charge in [0.05, 0.1) is 12.7 Å². The van der Waals surface area contributed by atoms with E-state index in [9.17, 15) is 0 Å². The van der Waals surface area contributed by atoms with Gasteiger partial charge in [-0.1, -0.05) is 13.8 Å². The van der Waals surface area contributed by atoms with E-state index in [1.54, 1.807) is 0 Å². The summed E-state index contributed by atoms with van der Waals surface area (Å²) in [5.41, 5.74) is 1.25. The predicted octanol–water partition coefficient (Wildman–Crippen LogP) is 1.15. The minimum atomic E-state index is 0.436. The normalized spacial score (nSPS) is 16.0. The number of nitrogens with zero attached hydrogens (tertiary/aromatic N) is 6. The molecule has 0 unspecified atom stereocenters. The van der Waals surface area contributed by atoms with Crippen LogP contribution in [0.15, 0.2) is 12.4 Å². The number of rotatable bonds is 3. The predicted molar refractivity (Wildman–Crippen MR) is 71.4 cm³/mol. The van der Waals surface area contributed by atoms with Crippen molar-refractivity contribution in [2.75, 3.05) is 6.54 Å². The molecule has 19 heavy (non-hydrogen) atoms. The van der Waals surface area contributed by atoms with Gasteiger partial charge in [-0.15, -0.1) is 10.2 Å². The third-order valence-electron chi connectivity index (χ3n) is 3.54. The largest absolute Gasteiger partial charge is 0.312 e. The van der Waals surface area contributed by atoms with Crippen LogP contribution in [0.25, 0.3) is 0 Å². The zero-order valence-corrected chi connectivity index (χ0v) is 11.7. The number of aryl methyl sites for hydroxylation is 1. The summed E-state index contributed by atoms with van der Waals surface area (Å²) in [5, 5.41) is 12.8. The van der Waals surface area contributed by atoms with Crippen LogP contribution in [0.3, 0.4) is 0 Å². The van der Waals surface area contributed by atoms with Crippen molar-refractivity contribution in [3.63, 3.8) is 0 Å². The van der Waals surface area contributed by atoms with Crippen LogP contribution in [0, 0.1) is 0 Å². The maximum Gasteiger partial charge on any atom is 0.147 e. The molecule has 0 aromatic carbocycles. The van der Waals surface area contributed by atoms with Crippen molar-refractivity contribution < 1.29 is 0 Å². The molecule has 0 fully saturated rings. The Morgan fingerprint density at radius 1 is 1.26 bits per heavy atom. The van der Waals surface area contributed by atoms with Crippen LogP contribution in [0.5, 0.6) is 0 Å². The Labute approximate surface area is 113 Å². The van der Waals surface area contributed by atoms with Crippen molar-refractivity contribution >= 4 is 0 Å². The minimum absolute atomic E-state index is 0.436. The quantitative estimate of drug-likeness (QED) is 0.830. The topological polar surface area (TPSA) is 51.8 Å². The average Bonchev–Trinajstić information content (AvgIpc) is 2.95. The fourth-order valence-electron chi connectivity index (χ4n) is 2.60. The summed E-state index contributed by atoms with van der Waals surface area (Å²) in [6.45, 7) is 8.15. The van der Waals surface area contributed by atoms with Crippen molar-refractivity contribution in [3.05, 3.63) is 29.6 Å². The van der Waals surface area contributed by atoms with E-state index < -0.39 is 0 Å². The van der Waals surface area contributed by atoms with Crippen LogP contribution in [0.4, 0.5) is 0 Å². The molecule has 3 heterocycles. The van der Waals surface area contributed by atoms with Crippen LogP contribution in [0.1, 0.15) is 37.0 Å². The standard InChI is InChI=1S/C13H20N6/c1-10(2)13-16-15-12-9-18(4-5-19(12)13)8-11-6-14-17(3)7-11/h6-7,10H,4-5,8-9H2,1-3H3. The SMILES string of the molecule is CC(C)c1nnc2n1CCN(Cc1cnn(C)c1)C2. The lowest BCUT2D eigenvalue weighted by Gasteiger charge is -2.27. The highest BCUT2D eigenvalue weighted by Gasteiger charge is 2.22. The molecule has 6 heteroatoms. The highest BCUT2D eigenvalue weighted by molar-refractivity contribution is 5.06. The summed E-state index contributed by atoms with van der Waals surface area (Å²) in [6, 6.07) is 0. The van der Waals surface area contributed by atoms with E-state index in [-0.39, 0.29) is 0 Å². The molecule has 3 rings (SSSR count). The van der Waals surface area contributed by atoms with Crippen LogP contribution < -0.4 is 0 Å². The molecule has 0 aliphatic carbocycles. The summed E-state index contributed by atoms with van der Waals surface area (Å²) in [6.07, 6.45) is 4.00. The lowest BCUT2D eigenvalue weighted by atomic mass is 10.2. The molecular weight excluding hydrogens is 240 g/mol. The maximum atomic E-state index is 4.33. The Kier molecular flexibility index (Phi) is 3.10. The van der Waals surface area contributed by atoms with Gasteiger partial charge in [-0.3, -0.25) is 9.58 Å². The number of hydrogen-bond acceptors (Lipinski definition) is 4. The summed E-state index contributed by atoms with van der Waals surface area (Å²) in [5.74, 6) is 2.63. The van der Waals surface area contributed by atoms with Gasteiger partial charge in [-0.05, 0) is 0 Å². The molecule has 0 spiro atoms. The number of hydrogen-bond donors (Lipinski definition) is 0. The average molecular weight is 260 g/mol. The summed E-state index contributed by atoms with van der Waals surface area (Å²) in [7, 11) is 1.95. The van der Waals surface area contributed by atoms with Gasteiger partial charge in [0.15, 0.2) is 0 Å². The highest BCUT2D eigenvalue weighted by Crippen LogP contribution is 2.19. The van der Waals surface area contributed by atoms with Crippen LogP contribution in [0.2, 0.25) is 0 Å². The highest BCUT2D eigenvalue weighted by atomic mass is 15.3. The fraction of sp³-hybridized carbons (Fsp3) is 0.615. The van der Waals surface area contributed by atoms with Crippen molar-refractivity contribution in [2.45, 2.75) is 39.4 Å². The van der Waals surface area contributed by atoms with E-state index in [4.69, 9.17) is 0 Å². The minimum Gasteiger partial charge on any atom is -0.312 e. The Hall–Kier alpha value is -1.69. The Bertz CT molecular complexity index is 567. The van der Waals surface area contributed by atoms with Gasteiger partial charge in [0.1, 0.15) is 11.6 Å². The molecule has 0 saturated heterocycles. The lowest BCUT2D eigenvalue weighted by Crippen LogP contribution is -2.34. The Balaban J connectivity index is 1.72. The molecule has 102 valence electrons. The first-order valence-electron chi connectivity index (χ1n) is 6.75. The molecule has 0 N–H and O–H groups in total. The first-order valence-corrected chi connectivity index (χ1v) is 6.75. The molecule has 6 nitrogen and oxygen atoms in total. The second-order valence-corrected chi connectivity index (χ2v) is 5.51. The van der Waals surface area contributed by atoms with E-state index in [1.165, 1.54) is 5.56 Å². The third-order valence-corrected chi connectivity index (χ3v) is 3.54. The van der Waals surface area contributed by atoms with E-state index >= 15 is 0 Å². The van der Waals surface area contributed by atoms with E-state index in [0.717, 1.165) is 37.8 Å². The van der Waals surface area contributed by atoms with Crippen molar-refractivity contribution in [1.82, 2.24) is 29.4 Å². The zero-order chi connectivity index (χ0) is 13.4. The smallest absolute Gasteiger partial charge is 0.147 e. The maximum absolute atomic E-state index is 4.33. The van der Waals surface area contributed by atoms with Crippen LogP contribution >= 0.6 is 0 Å². The van der Waals surface area contributed by atoms with Crippen LogP contribution in [-0.4, -0.2) is 36.0 Å². The zero-order valence-electron chi connectivity index (χ0n) is 11.7. The van der Waals surface area contributed by atoms with E-state index in [0.29, 0.717) is 5.92 Å². The molecule has 0 saturated carbocycles. The Morgan fingerprint density at radius 2 is 2.11 bits per heavy atom. The summed E-state index contributed by atoms with van der Waals surface area (Å²) in [4.78, 5) is 2.39. The second-order valence-electron chi connectivity index (χ2n) is 5.51. The molecule has 0 bridgehead atoms. The summed E-state index contributed by atoms with van der Waals surface area (Å²) >= 11 is 0. The second kappa shape index (κ2) is 4.77. The lowest BCUT2D eigenvalue weighted by molar-refractivity contribution is 0.206. The van der Waals surface area contributed by atoms with Gasteiger partial charge in [0, 0.05) is 44.4 Å². The number of aromatic nitrogens is 5. The first kappa shape index (κ1) is 12.3.